The van der Waals surface area contributed by atoms with E-state index in [4.69, 9.17) is 5.11 Å². The largest absolute Gasteiger partial charge is 0.481 e. The standard InChI is InChI=1S/C13H13F2NO3/c14-10-3-1-2-7(12(10)15)8-6-9(8)13(19)16-5-4-11(17)18/h1-3,8-9H,4-6H2,(H,16,19)(H,17,18). The summed E-state index contributed by atoms with van der Waals surface area (Å²) in [4.78, 5) is 21.9. The summed E-state index contributed by atoms with van der Waals surface area (Å²) < 4.78 is 26.5. The van der Waals surface area contributed by atoms with Crippen molar-refractivity contribution in [2.75, 3.05) is 6.54 Å². The van der Waals surface area contributed by atoms with Crippen LogP contribution in [0.3, 0.4) is 0 Å². The summed E-state index contributed by atoms with van der Waals surface area (Å²) in [6.07, 6.45) is 0.302. The quantitative estimate of drug-likeness (QED) is 0.854. The van der Waals surface area contributed by atoms with E-state index < -0.39 is 23.5 Å². The van der Waals surface area contributed by atoms with Gasteiger partial charge >= 0.3 is 5.97 Å². The van der Waals surface area contributed by atoms with E-state index in [1.807, 2.05) is 0 Å². The van der Waals surface area contributed by atoms with E-state index in [2.05, 4.69) is 5.32 Å². The van der Waals surface area contributed by atoms with Gasteiger partial charge in [0.1, 0.15) is 0 Å². The molecule has 1 aliphatic rings. The second kappa shape index (κ2) is 5.34. The molecule has 1 aliphatic carbocycles. The maximum atomic E-state index is 13.5. The molecule has 2 N–H and O–H groups in total. The fourth-order valence-corrected chi connectivity index (χ4v) is 2.06. The molecule has 2 rings (SSSR count). The molecule has 2 unspecified atom stereocenters. The molecular weight excluding hydrogens is 256 g/mol. The summed E-state index contributed by atoms with van der Waals surface area (Å²) in [7, 11) is 0. The van der Waals surface area contributed by atoms with E-state index in [1.165, 1.54) is 12.1 Å². The van der Waals surface area contributed by atoms with Crippen LogP contribution in [0.4, 0.5) is 8.78 Å². The smallest absolute Gasteiger partial charge is 0.305 e. The highest BCUT2D eigenvalue weighted by Crippen LogP contribution is 2.48. The van der Waals surface area contributed by atoms with Gasteiger partial charge in [0.2, 0.25) is 5.91 Å². The van der Waals surface area contributed by atoms with Crippen LogP contribution in [0.5, 0.6) is 0 Å². The summed E-state index contributed by atoms with van der Waals surface area (Å²) >= 11 is 0. The molecule has 1 saturated carbocycles. The normalized spacial score (nSPS) is 20.9. The van der Waals surface area contributed by atoms with Gasteiger partial charge in [0.15, 0.2) is 11.6 Å². The highest BCUT2D eigenvalue weighted by atomic mass is 19.2. The molecule has 0 aromatic heterocycles. The molecule has 0 spiro atoms. The highest BCUT2D eigenvalue weighted by molar-refractivity contribution is 5.83. The van der Waals surface area contributed by atoms with Gasteiger partial charge in [-0.05, 0) is 24.0 Å². The van der Waals surface area contributed by atoms with Gasteiger partial charge < -0.3 is 10.4 Å². The van der Waals surface area contributed by atoms with Crippen LogP contribution in [0, 0.1) is 17.6 Å². The van der Waals surface area contributed by atoms with E-state index in [9.17, 15) is 18.4 Å². The number of benzene rings is 1. The summed E-state index contributed by atoms with van der Waals surface area (Å²) in [5.74, 6) is -3.85. The Bertz CT molecular complexity index is 519. The zero-order chi connectivity index (χ0) is 14.0. The first-order valence-corrected chi connectivity index (χ1v) is 5.94. The third kappa shape index (κ3) is 3.07. The summed E-state index contributed by atoms with van der Waals surface area (Å²) in [6.45, 7) is 0.0447. The van der Waals surface area contributed by atoms with Crippen molar-refractivity contribution in [3.63, 3.8) is 0 Å². The molecule has 0 aliphatic heterocycles. The second-order valence-corrected chi connectivity index (χ2v) is 4.53. The molecule has 19 heavy (non-hydrogen) atoms. The first-order chi connectivity index (χ1) is 9.00. The summed E-state index contributed by atoms with van der Waals surface area (Å²) in [6, 6.07) is 3.90. The van der Waals surface area contributed by atoms with Crippen molar-refractivity contribution in [1.29, 1.82) is 0 Å². The van der Waals surface area contributed by atoms with Crippen molar-refractivity contribution in [1.82, 2.24) is 5.32 Å². The average Bonchev–Trinajstić information content (AvgIpc) is 3.12. The van der Waals surface area contributed by atoms with Gasteiger partial charge in [-0.3, -0.25) is 9.59 Å². The van der Waals surface area contributed by atoms with E-state index in [-0.39, 0.29) is 30.4 Å². The van der Waals surface area contributed by atoms with Gasteiger partial charge in [-0.15, -0.1) is 0 Å². The lowest BCUT2D eigenvalue weighted by atomic mass is 10.1. The zero-order valence-electron chi connectivity index (χ0n) is 10.0. The number of amides is 1. The molecular formula is C13H13F2NO3. The number of rotatable bonds is 5. The van der Waals surface area contributed by atoms with Crippen LogP contribution in [0.25, 0.3) is 0 Å². The van der Waals surface area contributed by atoms with E-state index in [0.29, 0.717) is 6.42 Å². The Kier molecular flexibility index (Phi) is 3.78. The first kappa shape index (κ1) is 13.5. The number of carboxylic acids is 1. The van der Waals surface area contributed by atoms with E-state index in [1.54, 1.807) is 0 Å². The second-order valence-electron chi connectivity index (χ2n) is 4.53. The Morgan fingerprint density at radius 1 is 1.37 bits per heavy atom. The van der Waals surface area contributed by atoms with Crippen LogP contribution in [-0.2, 0) is 9.59 Å². The molecule has 102 valence electrons. The molecule has 1 aromatic rings. The summed E-state index contributed by atoms with van der Waals surface area (Å²) in [5, 5.41) is 10.9. The maximum Gasteiger partial charge on any atom is 0.305 e. The Hall–Kier alpha value is -1.98. The Morgan fingerprint density at radius 2 is 2.11 bits per heavy atom. The average molecular weight is 269 g/mol. The van der Waals surface area contributed by atoms with Crippen LogP contribution in [-0.4, -0.2) is 23.5 Å². The minimum atomic E-state index is -0.996. The minimum absolute atomic E-state index is 0.0447. The number of nitrogens with one attached hydrogen (secondary N) is 1. The number of hydrogen-bond acceptors (Lipinski definition) is 2. The van der Waals surface area contributed by atoms with Gasteiger partial charge in [-0.1, -0.05) is 12.1 Å². The predicted molar refractivity (Wildman–Crippen MR) is 62.5 cm³/mol. The molecule has 0 radical (unpaired) electrons. The number of halogens is 2. The lowest BCUT2D eigenvalue weighted by Gasteiger charge is -2.04. The number of carbonyl (C=O) groups is 2. The third-order valence-corrected chi connectivity index (χ3v) is 3.15. The number of carbonyl (C=O) groups excluding carboxylic acids is 1. The SMILES string of the molecule is O=C(O)CCNC(=O)C1CC1c1cccc(F)c1F. The third-order valence-electron chi connectivity index (χ3n) is 3.15. The van der Waals surface area contributed by atoms with Crippen LogP contribution < -0.4 is 5.32 Å². The van der Waals surface area contributed by atoms with Crippen LogP contribution in [0.1, 0.15) is 24.3 Å². The van der Waals surface area contributed by atoms with Crippen molar-refractivity contribution in [2.24, 2.45) is 5.92 Å². The number of aliphatic carboxylic acids is 1. The van der Waals surface area contributed by atoms with Crippen LogP contribution in [0.15, 0.2) is 18.2 Å². The summed E-state index contributed by atoms with van der Waals surface area (Å²) in [5.41, 5.74) is 0.207. The van der Waals surface area contributed by atoms with E-state index in [0.717, 1.165) is 6.07 Å². The molecule has 1 aromatic carbocycles. The zero-order valence-corrected chi connectivity index (χ0v) is 10.0. The van der Waals surface area contributed by atoms with Gasteiger partial charge in [-0.2, -0.15) is 0 Å². The van der Waals surface area contributed by atoms with Crippen LogP contribution in [0.2, 0.25) is 0 Å². The number of carboxylic acid groups (broad SMARTS) is 1. The Morgan fingerprint density at radius 3 is 2.79 bits per heavy atom. The maximum absolute atomic E-state index is 13.5. The Labute approximate surface area is 108 Å². The molecule has 0 bridgehead atoms. The fraction of sp³-hybridized carbons (Fsp3) is 0.385. The van der Waals surface area contributed by atoms with Gasteiger partial charge in [0.25, 0.3) is 0 Å². The topological polar surface area (TPSA) is 66.4 Å². The molecule has 4 nitrogen and oxygen atoms in total. The molecule has 1 fully saturated rings. The van der Waals surface area contributed by atoms with Crippen LogP contribution >= 0.6 is 0 Å². The monoisotopic (exact) mass is 269 g/mol. The lowest BCUT2D eigenvalue weighted by Crippen LogP contribution is -2.27. The van der Waals surface area contributed by atoms with Gasteiger partial charge in [0.05, 0.1) is 6.42 Å². The van der Waals surface area contributed by atoms with Crippen molar-refractivity contribution in [2.45, 2.75) is 18.8 Å². The lowest BCUT2D eigenvalue weighted by molar-refractivity contribution is -0.136. The molecule has 2 atom stereocenters. The van der Waals surface area contributed by atoms with Crippen molar-refractivity contribution in [3.05, 3.63) is 35.4 Å². The molecule has 1 amide bonds. The fourth-order valence-electron chi connectivity index (χ4n) is 2.06. The minimum Gasteiger partial charge on any atom is -0.481 e. The van der Waals surface area contributed by atoms with E-state index >= 15 is 0 Å². The van der Waals surface area contributed by atoms with Gasteiger partial charge in [0, 0.05) is 12.5 Å². The molecule has 0 heterocycles. The number of hydrogen-bond donors (Lipinski definition) is 2. The van der Waals surface area contributed by atoms with Gasteiger partial charge in [-0.25, -0.2) is 8.78 Å². The van der Waals surface area contributed by atoms with Crippen molar-refractivity contribution in [3.8, 4) is 0 Å². The predicted octanol–water partition coefficient (Wildman–Crippen LogP) is 1.66. The Balaban J connectivity index is 1.91. The molecule has 6 heteroatoms. The molecule has 0 saturated heterocycles. The van der Waals surface area contributed by atoms with Crippen molar-refractivity contribution >= 4 is 11.9 Å². The van der Waals surface area contributed by atoms with Crippen molar-refractivity contribution < 1.29 is 23.5 Å². The highest BCUT2D eigenvalue weighted by Gasteiger charge is 2.45. The first-order valence-electron chi connectivity index (χ1n) is 5.94.